The molecule has 20 heavy (non-hydrogen) atoms. The first-order chi connectivity index (χ1) is 9.81. The largest absolute Gasteiger partial charge is 0.315 e. The van der Waals surface area contributed by atoms with Gasteiger partial charge in [0.25, 0.3) is 0 Å². The Bertz CT molecular complexity index is 582. The molecule has 1 fully saturated rings. The molecule has 0 amide bonds. The Morgan fingerprint density at radius 1 is 1.15 bits per heavy atom. The van der Waals surface area contributed by atoms with E-state index in [4.69, 9.17) is 0 Å². The molecule has 0 radical (unpaired) electrons. The number of rotatable bonds is 4. The quantitative estimate of drug-likeness (QED) is 0.907. The molecule has 0 atom stereocenters. The van der Waals surface area contributed by atoms with E-state index in [0.29, 0.717) is 6.04 Å². The summed E-state index contributed by atoms with van der Waals surface area (Å²) in [5.74, 6) is 0.718. The smallest absolute Gasteiger partial charge is 0.304 e. The SMILES string of the molecule is O=c1[nH]c(CNC2CCC(c3ccccc3)CC2)cs1. The van der Waals surface area contributed by atoms with Gasteiger partial charge in [0.1, 0.15) is 0 Å². The van der Waals surface area contributed by atoms with Crippen molar-refractivity contribution in [2.75, 3.05) is 0 Å². The average molecular weight is 288 g/mol. The monoisotopic (exact) mass is 288 g/mol. The summed E-state index contributed by atoms with van der Waals surface area (Å²) in [7, 11) is 0. The Kier molecular flexibility index (Phi) is 4.33. The number of thiazole rings is 1. The second-order valence-electron chi connectivity index (χ2n) is 5.51. The molecular weight excluding hydrogens is 268 g/mol. The maximum atomic E-state index is 11.1. The fraction of sp³-hybridized carbons (Fsp3) is 0.438. The normalized spacial score (nSPS) is 22.8. The van der Waals surface area contributed by atoms with Crippen LogP contribution >= 0.6 is 11.3 Å². The number of aromatic amines is 1. The molecule has 0 bridgehead atoms. The van der Waals surface area contributed by atoms with E-state index in [0.717, 1.165) is 18.2 Å². The maximum absolute atomic E-state index is 11.1. The lowest BCUT2D eigenvalue weighted by atomic mass is 9.82. The molecule has 2 aromatic rings. The highest BCUT2D eigenvalue weighted by Gasteiger charge is 2.21. The predicted molar refractivity (Wildman–Crippen MR) is 83.2 cm³/mol. The molecule has 0 saturated heterocycles. The van der Waals surface area contributed by atoms with Crippen LogP contribution < -0.4 is 10.2 Å². The van der Waals surface area contributed by atoms with Crippen molar-refractivity contribution < 1.29 is 0 Å². The molecule has 1 aromatic heterocycles. The van der Waals surface area contributed by atoms with E-state index >= 15 is 0 Å². The van der Waals surface area contributed by atoms with Crippen molar-refractivity contribution in [3.8, 4) is 0 Å². The lowest BCUT2D eigenvalue weighted by Gasteiger charge is -2.29. The van der Waals surface area contributed by atoms with E-state index in [2.05, 4.69) is 40.6 Å². The summed E-state index contributed by atoms with van der Waals surface area (Å²) in [6, 6.07) is 11.4. The average Bonchev–Trinajstić information content (AvgIpc) is 2.92. The van der Waals surface area contributed by atoms with Crippen molar-refractivity contribution in [2.24, 2.45) is 0 Å². The van der Waals surface area contributed by atoms with Gasteiger partial charge in [-0.1, -0.05) is 41.7 Å². The van der Waals surface area contributed by atoms with E-state index < -0.39 is 0 Å². The summed E-state index contributed by atoms with van der Waals surface area (Å²) in [5.41, 5.74) is 2.48. The standard InChI is InChI=1S/C16H20N2OS/c19-16-18-15(11-20-16)10-17-14-8-6-13(7-9-14)12-4-2-1-3-5-12/h1-5,11,13-14,17H,6-10H2,(H,18,19). The van der Waals surface area contributed by atoms with Crippen molar-refractivity contribution in [3.63, 3.8) is 0 Å². The Labute approximate surface area is 123 Å². The second kappa shape index (κ2) is 6.37. The molecular formula is C16H20N2OS. The van der Waals surface area contributed by atoms with Gasteiger partial charge in [0.2, 0.25) is 0 Å². The van der Waals surface area contributed by atoms with E-state index in [-0.39, 0.29) is 4.87 Å². The van der Waals surface area contributed by atoms with Gasteiger partial charge in [-0.3, -0.25) is 4.79 Å². The highest BCUT2D eigenvalue weighted by molar-refractivity contribution is 7.07. The van der Waals surface area contributed by atoms with Crippen LogP contribution in [0.3, 0.4) is 0 Å². The van der Waals surface area contributed by atoms with Gasteiger partial charge in [-0.15, -0.1) is 0 Å². The van der Waals surface area contributed by atoms with Crippen LogP contribution in [0.1, 0.15) is 42.9 Å². The third-order valence-corrected chi connectivity index (χ3v) is 4.87. The zero-order chi connectivity index (χ0) is 13.8. The Morgan fingerprint density at radius 2 is 1.90 bits per heavy atom. The number of aromatic nitrogens is 1. The first-order valence-corrected chi connectivity index (χ1v) is 8.14. The third kappa shape index (κ3) is 3.38. The van der Waals surface area contributed by atoms with Crippen molar-refractivity contribution in [1.82, 2.24) is 10.3 Å². The van der Waals surface area contributed by atoms with Crippen molar-refractivity contribution in [3.05, 3.63) is 56.6 Å². The van der Waals surface area contributed by atoms with Crippen LogP contribution in [0.4, 0.5) is 0 Å². The number of benzene rings is 1. The second-order valence-corrected chi connectivity index (χ2v) is 6.36. The Morgan fingerprint density at radius 3 is 2.55 bits per heavy atom. The minimum Gasteiger partial charge on any atom is -0.315 e. The topological polar surface area (TPSA) is 44.9 Å². The molecule has 106 valence electrons. The van der Waals surface area contributed by atoms with E-state index in [9.17, 15) is 4.79 Å². The molecule has 0 aliphatic heterocycles. The summed E-state index contributed by atoms with van der Waals surface area (Å²) in [6.45, 7) is 0.777. The maximum Gasteiger partial charge on any atom is 0.304 e. The van der Waals surface area contributed by atoms with Gasteiger partial charge < -0.3 is 10.3 Å². The summed E-state index contributed by atoms with van der Waals surface area (Å²) in [5, 5.41) is 5.47. The van der Waals surface area contributed by atoms with Gasteiger partial charge in [-0.2, -0.15) is 0 Å². The number of H-pyrrole nitrogens is 1. The van der Waals surface area contributed by atoms with Gasteiger partial charge in [0, 0.05) is 23.7 Å². The van der Waals surface area contributed by atoms with Crippen LogP contribution in [-0.2, 0) is 6.54 Å². The molecule has 0 spiro atoms. The zero-order valence-corrected chi connectivity index (χ0v) is 12.3. The van der Waals surface area contributed by atoms with Gasteiger partial charge in [-0.05, 0) is 37.2 Å². The lowest BCUT2D eigenvalue weighted by molar-refractivity contribution is 0.341. The molecule has 1 aliphatic rings. The highest BCUT2D eigenvalue weighted by Crippen LogP contribution is 2.32. The van der Waals surface area contributed by atoms with Gasteiger partial charge >= 0.3 is 4.87 Å². The van der Waals surface area contributed by atoms with Gasteiger partial charge in [-0.25, -0.2) is 0 Å². The van der Waals surface area contributed by atoms with Crippen LogP contribution in [0, 0.1) is 0 Å². The molecule has 1 aromatic carbocycles. The summed E-state index contributed by atoms with van der Waals surface area (Å²) >= 11 is 1.24. The van der Waals surface area contributed by atoms with Crippen LogP contribution in [0.15, 0.2) is 40.5 Å². The first kappa shape index (κ1) is 13.6. The molecule has 4 heteroatoms. The minimum atomic E-state index is 0.0367. The predicted octanol–water partition coefficient (Wildman–Crippen LogP) is 3.25. The lowest BCUT2D eigenvalue weighted by Crippen LogP contribution is -2.32. The number of hydrogen-bond donors (Lipinski definition) is 2. The summed E-state index contributed by atoms with van der Waals surface area (Å²) in [6.07, 6.45) is 4.94. The molecule has 1 saturated carbocycles. The van der Waals surface area contributed by atoms with Crippen LogP contribution in [0.2, 0.25) is 0 Å². The van der Waals surface area contributed by atoms with Crippen LogP contribution in [-0.4, -0.2) is 11.0 Å². The molecule has 0 unspecified atom stereocenters. The van der Waals surface area contributed by atoms with Crippen molar-refractivity contribution >= 4 is 11.3 Å². The molecule has 1 aliphatic carbocycles. The van der Waals surface area contributed by atoms with Crippen LogP contribution in [0.25, 0.3) is 0 Å². The number of nitrogens with one attached hydrogen (secondary N) is 2. The first-order valence-electron chi connectivity index (χ1n) is 7.26. The van der Waals surface area contributed by atoms with E-state index in [1.54, 1.807) is 0 Å². The fourth-order valence-corrected chi connectivity index (χ4v) is 3.59. The summed E-state index contributed by atoms with van der Waals surface area (Å²) < 4.78 is 0. The summed E-state index contributed by atoms with van der Waals surface area (Å²) in [4.78, 5) is 14.0. The van der Waals surface area contributed by atoms with Crippen molar-refractivity contribution in [1.29, 1.82) is 0 Å². The Balaban J connectivity index is 1.48. The molecule has 1 heterocycles. The van der Waals surface area contributed by atoms with Gasteiger partial charge in [0.05, 0.1) is 0 Å². The molecule has 3 rings (SSSR count). The third-order valence-electron chi connectivity index (χ3n) is 4.15. The molecule has 3 nitrogen and oxygen atoms in total. The Hall–Kier alpha value is -1.39. The zero-order valence-electron chi connectivity index (χ0n) is 11.5. The minimum absolute atomic E-state index is 0.0367. The van der Waals surface area contributed by atoms with E-state index in [1.165, 1.54) is 42.6 Å². The fourth-order valence-electron chi connectivity index (χ4n) is 3.01. The molecule has 2 N–H and O–H groups in total. The number of hydrogen-bond acceptors (Lipinski definition) is 3. The van der Waals surface area contributed by atoms with Gasteiger partial charge in [0.15, 0.2) is 0 Å². The van der Waals surface area contributed by atoms with Crippen LogP contribution in [0.5, 0.6) is 0 Å². The van der Waals surface area contributed by atoms with Crippen molar-refractivity contribution in [2.45, 2.75) is 44.2 Å². The highest BCUT2D eigenvalue weighted by atomic mass is 32.1. The van der Waals surface area contributed by atoms with E-state index in [1.807, 2.05) is 5.38 Å².